The molecule has 1 aliphatic rings. The van der Waals surface area contributed by atoms with Crippen molar-refractivity contribution in [1.82, 2.24) is 0 Å². The number of hydrogen-bond donors (Lipinski definition) is 1. The van der Waals surface area contributed by atoms with Crippen LogP contribution in [-0.4, -0.2) is 0 Å². The second-order valence-electron chi connectivity index (χ2n) is 5.62. The SMILES string of the molecule is Cc1ccccc1NC1CCC(C)c2ccccc21. The predicted molar refractivity (Wildman–Crippen MR) is 81.6 cm³/mol. The lowest BCUT2D eigenvalue weighted by Gasteiger charge is -2.31. The summed E-state index contributed by atoms with van der Waals surface area (Å²) >= 11 is 0. The van der Waals surface area contributed by atoms with Gasteiger partial charge in [-0.2, -0.15) is 0 Å². The molecule has 2 aromatic rings. The summed E-state index contributed by atoms with van der Waals surface area (Å²) in [6, 6.07) is 17.9. The van der Waals surface area contributed by atoms with E-state index in [4.69, 9.17) is 0 Å². The lowest BCUT2D eigenvalue weighted by molar-refractivity contribution is 0.534. The molecule has 0 bridgehead atoms. The minimum atomic E-state index is 0.452. The first-order valence-corrected chi connectivity index (χ1v) is 7.16. The first-order valence-electron chi connectivity index (χ1n) is 7.16. The predicted octanol–water partition coefficient (Wildman–Crippen LogP) is 5.05. The molecule has 1 N–H and O–H groups in total. The highest BCUT2D eigenvalue weighted by Gasteiger charge is 2.24. The highest BCUT2D eigenvalue weighted by atomic mass is 14.9. The normalized spacial score (nSPS) is 21.8. The molecule has 2 atom stereocenters. The van der Waals surface area contributed by atoms with Crippen LogP contribution in [0.15, 0.2) is 48.5 Å². The van der Waals surface area contributed by atoms with Crippen LogP contribution in [0, 0.1) is 6.92 Å². The zero-order valence-corrected chi connectivity index (χ0v) is 11.7. The Bertz CT molecular complexity index is 573. The minimum absolute atomic E-state index is 0.452. The molecule has 1 heteroatoms. The first-order chi connectivity index (χ1) is 9.25. The maximum atomic E-state index is 3.73. The van der Waals surface area contributed by atoms with E-state index in [1.54, 1.807) is 0 Å². The average molecular weight is 251 g/mol. The molecule has 0 aromatic heterocycles. The highest BCUT2D eigenvalue weighted by molar-refractivity contribution is 5.53. The van der Waals surface area contributed by atoms with E-state index in [1.807, 2.05) is 0 Å². The van der Waals surface area contributed by atoms with Crippen molar-refractivity contribution in [3.05, 3.63) is 65.2 Å². The fraction of sp³-hybridized carbons (Fsp3) is 0.333. The number of hydrogen-bond acceptors (Lipinski definition) is 1. The molecule has 98 valence electrons. The smallest absolute Gasteiger partial charge is 0.0516 e. The van der Waals surface area contributed by atoms with E-state index in [2.05, 4.69) is 67.7 Å². The number of para-hydroxylation sites is 1. The summed E-state index contributed by atoms with van der Waals surface area (Å²) in [4.78, 5) is 0. The van der Waals surface area contributed by atoms with E-state index >= 15 is 0 Å². The van der Waals surface area contributed by atoms with Gasteiger partial charge in [-0.1, -0.05) is 49.4 Å². The Morgan fingerprint density at radius 2 is 1.58 bits per heavy atom. The summed E-state index contributed by atoms with van der Waals surface area (Å²) in [5.41, 5.74) is 5.57. The molecule has 0 fully saturated rings. The van der Waals surface area contributed by atoms with Gasteiger partial charge in [0, 0.05) is 5.69 Å². The maximum Gasteiger partial charge on any atom is 0.0516 e. The summed E-state index contributed by atoms with van der Waals surface area (Å²) < 4.78 is 0. The average Bonchev–Trinajstić information content (AvgIpc) is 2.44. The Labute approximate surface area is 115 Å². The Hall–Kier alpha value is -1.76. The van der Waals surface area contributed by atoms with Crippen LogP contribution >= 0.6 is 0 Å². The lowest BCUT2D eigenvalue weighted by Crippen LogP contribution is -2.19. The Balaban J connectivity index is 1.91. The Morgan fingerprint density at radius 3 is 2.37 bits per heavy atom. The standard InChI is InChI=1S/C18H21N/c1-13-11-12-18(16-9-5-4-8-15(13)16)19-17-10-6-3-7-14(17)2/h3-10,13,18-19H,11-12H2,1-2H3. The molecule has 0 heterocycles. The minimum Gasteiger partial charge on any atom is -0.378 e. The van der Waals surface area contributed by atoms with Crippen LogP contribution in [0.25, 0.3) is 0 Å². The van der Waals surface area contributed by atoms with Crippen LogP contribution in [0.4, 0.5) is 5.69 Å². The number of anilines is 1. The van der Waals surface area contributed by atoms with Gasteiger partial charge in [-0.15, -0.1) is 0 Å². The molecule has 0 amide bonds. The zero-order chi connectivity index (χ0) is 13.2. The van der Waals surface area contributed by atoms with Crippen molar-refractivity contribution in [2.24, 2.45) is 0 Å². The Kier molecular flexibility index (Phi) is 3.29. The third-order valence-corrected chi connectivity index (χ3v) is 4.27. The Morgan fingerprint density at radius 1 is 0.895 bits per heavy atom. The van der Waals surface area contributed by atoms with Crippen molar-refractivity contribution in [2.75, 3.05) is 5.32 Å². The van der Waals surface area contributed by atoms with Gasteiger partial charge < -0.3 is 5.32 Å². The van der Waals surface area contributed by atoms with E-state index < -0.39 is 0 Å². The number of fused-ring (bicyclic) bond motifs is 1. The third kappa shape index (κ3) is 2.37. The summed E-state index contributed by atoms with van der Waals surface area (Å²) in [6.07, 6.45) is 2.48. The van der Waals surface area contributed by atoms with Crippen LogP contribution < -0.4 is 5.32 Å². The fourth-order valence-corrected chi connectivity index (χ4v) is 3.08. The molecule has 1 nitrogen and oxygen atoms in total. The first kappa shape index (κ1) is 12.3. The van der Waals surface area contributed by atoms with Crippen molar-refractivity contribution >= 4 is 5.69 Å². The molecule has 19 heavy (non-hydrogen) atoms. The van der Waals surface area contributed by atoms with Crippen molar-refractivity contribution in [1.29, 1.82) is 0 Å². The third-order valence-electron chi connectivity index (χ3n) is 4.27. The second kappa shape index (κ2) is 5.08. The molecule has 0 saturated heterocycles. The van der Waals surface area contributed by atoms with Gasteiger partial charge in [0.2, 0.25) is 0 Å². The topological polar surface area (TPSA) is 12.0 Å². The number of benzene rings is 2. The highest BCUT2D eigenvalue weighted by Crippen LogP contribution is 2.39. The number of rotatable bonds is 2. The molecule has 0 aliphatic heterocycles. The monoisotopic (exact) mass is 251 g/mol. The summed E-state index contributed by atoms with van der Waals surface area (Å²) in [5, 5.41) is 3.73. The fourth-order valence-electron chi connectivity index (χ4n) is 3.08. The van der Waals surface area contributed by atoms with Crippen LogP contribution in [0.3, 0.4) is 0 Å². The van der Waals surface area contributed by atoms with E-state index in [9.17, 15) is 0 Å². The van der Waals surface area contributed by atoms with Crippen LogP contribution in [0.5, 0.6) is 0 Å². The van der Waals surface area contributed by atoms with Crippen molar-refractivity contribution in [3.63, 3.8) is 0 Å². The molecular weight excluding hydrogens is 230 g/mol. The van der Waals surface area contributed by atoms with Crippen molar-refractivity contribution < 1.29 is 0 Å². The van der Waals surface area contributed by atoms with Gasteiger partial charge in [-0.25, -0.2) is 0 Å². The van der Waals surface area contributed by atoms with Gasteiger partial charge >= 0.3 is 0 Å². The molecule has 3 rings (SSSR count). The number of aryl methyl sites for hydroxylation is 1. The number of nitrogens with one attached hydrogen (secondary N) is 1. The van der Waals surface area contributed by atoms with E-state index in [-0.39, 0.29) is 0 Å². The van der Waals surface area contributed by atoms with E-state index in [0.29, 0.717) is 12.0 Å². The molecule has 0 saturated carbocycles. The van der Waals surface area contributed by atoms with Gasteiger partial charge in [-0.05, 0) is 48.4 Å². The largest absolute Gasteiger partial charge is 0.378 e. The second-order valence-corrected chi connectivity index (χ2v) is 5.62. The van der Waals surface area contributed by atoms with Gasteiger partial charge in [0.15, 0.2) is 0 Å². The lowest BCUT2D eigenvalue weighted by atomic mass is 9.81. The maximum absolute atomic E-state index is 3.73. The summed E-state index contributed by atoms with van der Waals surface area (Å²) in [5.74, 6) is 0.686. The van der Waals surface area contributed by atoms with Crippen LogP contribution in [-0.2, 0) is 0 Å². The molecular formula is C18H21N. The summed E-state index contributed by atoms with van der Waals surface area (Å²) in [6.45, 7) is 4.50. The van der Waals surface area contributed by atoms with Gasteiger partial charge in [-0.3, -0.25) is 0 Å². The van der Waals surface area contributed by atoms with Crippen LogP contribution in [0.1, 0.15) is 48.4 Å². The molecule has 2 aromatic carbocycles. The van der Waals surface area contributed by atoms with E-state index in [0.717, 1.165) is 0 Å². The van der Waals surface area contributed by atoms with Crippen molar-refractivity contribution in [2.45, 2.75) is 38.6 Å². The zero-order valence-electron chi connectivity index (χ0n) is 11.7. The molecule has 0 spiro atoms. The van der Waals surface area contributed by atoms with Crippen LogP contribution in [0.2, 0.25) is 0 Å². The van der Waals surface area contributed by atoms with Crippen molar-refractivity contribution in [3.8, 4) is 0 Å². The van der Waals surface area contributed by atoms with E-state index in [1.165, 1.54) is 35.2 Å². The molecule has 0 radical (unpaired) electrons. The van der Waals surface area contributed by atoms with Gasteiger partial charge in [0.25, 0.3) is 0 Å². The quantitative estimate of drug-likeness (QED) is 0.788. The molecule has 1 aliphatic carbocycles. The van der Waals surface area contributed by atoms with Gasteiger partial charge in [0.1, 0.15) is 0 Å². The van der Waals surface area contributed by atoms with Gasteiger partial charge in [0.05, 0.1) is 6.04 Å². The molecule has 2 unspecified atom stereocenters. The summed E-state index contributed by atoms with van der Waals surface area (Å²) in [7, 11) is 0.